The summed E-state index contributed by atoms with van der Waals surface area (Å²) >= 11 is 0. The summed E-state index contributed by atoms with van der Waals surface area (Å²) in [6, 6.07) is 74.0. The van der Waals surface area contributed by atoms with Gasteiger partial charge in [0.25, 0.3) is 0 Å². The van der Waals surface area contributed by atoms with Crippen LogP contribution in [-0.4, -0.2) is 0 Å². The molecule has 0 bridgehead atoms. The third-order valence-corrected chi connectivity index (χ3v) is 25.0. The molecule has 612 valence electrons. The quantitative estimate of drug-likeness (QED) is 0.126. The molecule has 0 heteroatoms. The molecule has 0 saturated heterocycles. The highest BCUT2D eigenvalue weighted by Gasteiger charge is 2.25. The second-order valence-electron chi connectivity index (χ2n) is 32.3. The van der Waals surface area contributed by atoms with Crippen LogP contribution in [0.15, 0.2) is 509 Å². The van der Waals surface area contributed by atoms with Crippen molar-refractivity contribution in [3.63, 3.8) is 0 Å². The van der Waals surface area contributed by atoms with Gasteiger partial charge in [0.1, 0.15) is 0 Å². The largest absolute Gasteiger partial charge is 0.0636 e. The van der Waals surface area contributed by atoms with Gasteiger partial charge in [0.15, 0.2) is 0 Å². The molecule has 27 aromatic carbocycles. The molecular formula is C132H84. The lowest BCUT2D eigenvalue weighted by atomic mass is 9.82. The first-order chi connectivity index (χ1) is 80.1. The van der Waals surface area contributed by atoms with Crippen LogP contribution in [0.4, 0.5) is 0 Å². The lowest BCUT2D eigenvalue weighted by molar-refractivity contribution is 1.66. The van der Waals surface area contributed by atoms with E-state index < -0.39 is 192 Å². The topological polar surface area (TPSA) is 0 Å². The normalized spacial score (nSPS) is 15.3. The molecule has 27 aromatic rings. The Hall–Kier alpha value is -17.2. The van der Waals surface area contributed by atoms with Crippen molar-refractivity contribution in [1.82, 2.24) is 0 Å². The van der Waals surface area contributed by atoms with E-state index in [1.165, 1.54) is 0 Å². The molecule has 0 amide bonds. The summed E-state index contributed by atoms with van der Waals surface area (Å²) in [6.45, 7) is 0. The van der Waals surface area contributed by atoms with Gasteiger partial charge in [-0.2, -0.15) is 0 Å². The zero-order valence-electron chi connectivity index (χ0n) is 105. The maximum absolute atomic E-state index is 10.2. The number of hydrogen-bond donors (Lipinski definition) is 0. The summed E-state index contributed by atoms with van der Waals surface area (Å²) < 4.78 is 323. The molecular weight excluding hydrogens is 1590 g/mol. The van der Waals surface area contributed by atoms with Gasteiger partial charge in [-0.15, -0.1) is 0 Å². The minimum absolute atomic E-state index is 0.0288. The van der Waals surface area contributed by atoms with Crippen LogP contribution in [0.1, 0.15) is 48.0 Å². The molecule has 0 unspecified atom stereocenters. The summed E-state index contributed by atoms with van der Waals surface area (Å²) in [4.78, 5) is 0. The second-order valence-corrected chi connectivity index (χ2v) is 32.3. The summed E-state index contributed by atoms with van der Waals surface area (Å²) in [6.07, 6.45) is 0. The van der Waals surface area contributed by atoms with Crippen LogP contribution >= 0.6 is 0 Å². The molecule has 0 nitrogen and oxygen atoms in total. The second kappa shape index (κ2) is 32.6. The molecule has 27 rings (SSSR count). The van der Waals surface area contributed by atoms with Gasteiger partial charge < -0.3 is 0 Å². The third kappa shape index (κ3) is 13.3. The fourth-order valence-corrected chi connectivity index (χ4v) is 19.1. The number of benzene rings is 27. The Morgan fingerprint density at radius 3 is 0.712 bits per heavy atom. The van der Waals surface area contributed by atoms with E-state index in [2.05, 4.69) is 0 Å². The first-order valence-corrected chi connectivity index (χ1v) is 43.0. The van der Waals surface area contributed by atoms with E-state index in [1.807, 2.05) is 255 Å². The Kier molecular flexibility index (Phi) is 12.2. The van der Waals surface area contributed by atoms with Crippen molar-refractivity contribution < 1.29 is 48.0 Å². The van der Waals surface area contributed by atoms with Crippen molar-refractivity contribution in [3.05, 3.63) is 509 Å². The van der Waals surface area contributed by atoms with Gasteiger partial charge in [0.05, 0.1) is 48.0 Å². The first kappa shape index (κ1) is 49.2. The average Bonchev–Trinajstić information content (AvgIpc) is 0.678. The molecule has 0 aliphatic rings. The SMILES string of the molecule is [2H]c1c([2H])c([2H])c2c(-c3c4c([2H])c([2H])c([2H])c([2H])c4c(-c4c([2H])c([2H])c([2H])c5c([2H])c([2H])c([2H])c([2H])c45)c4c([2H])c(-c5cccc6ccccc56)c([2H])c([2H])c34)c([2H])c([2H])c([2H])c2c1[2H].[2H]c1c([2H])c([2H])c2c(-c3ccc4ccccc4c3)c3c([2H])c(-c4cccc5ccccc45)c([2H])c([2H])c3c(-c3ccc4ccccc4c3)c2c1[2H].[2H]c1c([2H])c([2H])c2c(-c3cccc4ccccc34)c3c([2H])c(-c4cccc5ccccc45)c([2H])c([2H])c3c(-c3cccc4ccccc34)c2c1[2H]. The molecule has 132 heavy (non-hydrogen) atoms. The van der Waals surface area contributed by atoms with Crippen molar-refractivity contribution >= 4 is 162 Å². The fraction of sp³-hybridized carbons (Fsp3) is 0. The molecule has 0 heterocycles. The Morgan fingerprint density at radius 2 is 0.348 bits per heavy atom. The van der Waals surface area contributed by atoms with E-state index in [9.17, 15) is 23.3 Å². The smallest absolute Gasteiger partial charge is 0.0616 e. The van der Waals surface area contributed by atoms with Crippen LogP contribution in [0.2, 0.25) is 0 Å². The van der Waals surface area contributed by atoms with Crippen molar-refractivity contribution in [3.8, 4) is 100 Å². The van der Waals surface area contributed by atoms with Crippen molar-refractivity contribution in [2.75, 3.05) is 0 Å². The monoisotopic (exact) mass is 1700 g/mol. The Balaban J connectivity index is 0.000000127. The molecule has 0 aliphatic heterocycles. The van der Waals surface area contributed by atoms with Crippen LogP contribution in [0.3, 0.4) is 0 Å². The Bertz CT molecular complexity index is 11600. The fourth-order valence-electron chi connectivity index (χ4n) is 19.1. The van der Waals surface area contributed by atoms with Crippen molar-refractivity contribution in [2.45, 2.75) is 0 Å². The summed E-state index contributed by atoms with van der Waals surface area (Å²) in [5.41, 5.74) is 4.06. The number of rotatable bonds is 9. The summed E-state index contributed by atoms with van der Waals surface area (Å²) in [5.74, 6) is 0. The van der Waals surface area contributed by atoms with Crippen LogP contribution in [0.25, 0.3) is 262 Å². The minimum atomic E-state index is -0.897. The lowest BCUT2D eigenvalue weighted by Gasteiger charge is -2.20. The summed E-state index contributed by atoms with van der Waals surface area (Å²) in [7, 11) is 0. The zero-order valence-corrected chi connectivity index (χ0v) is 69.8. The van der Waals surface area contributed by atoms with Gasteiger partial charge in [-0.25, -0.2) is 0 Å². The number of fused-ring (bicyclic) bond motifs is 15. The van der Waals surface area contributed by atoms with Crippen molar-refractivity contribution in [2.24, 2.45) is 0 Å². The van der Waals surface area contributed by atoms with E-state index in [4.69, 9.17) is 24.7 Å². The molecule has 0 atom stereocenters. The van der Waals surface area contributed by atoms with E-state index in [1.54, 1.807) is 42.5 Å². The van der Waals surface area contributed by atoms with Crippen LogP contribution in [0.5, 0.6) is 0 Å². The lowest BCUT2D eigenvalue weighted by Crippen LogP contribution is -1.93. The standard InChI is InChI=1S/3C44H28/c2*1-4-18-33-29(12-1)15-9-23-36(33)32-26-27-41-42(28-32)44(38-25-11-17-31-14-3-6-20-35(31)38)40-22-8-7-21-39(40)43(41)37-24-10-16-30-13-2-5-19-34(30)37;1-3-13-32-26-35(22-20-29(32)10-1)43-39-17-7-8-18-40(39)44(36-23-21-30-11-2-4-14-33(30)27-36)42-28-34(24-25-41(42)43)38-19-9-15-31-12-5-6-16-37(31)38/h3*1-28H/i2D,3D,5D,6D,7D,8D,10D,11D,13D,14D,16D,17D,19D,20D,21D,22D,24D,25D,26D,27D,28D;7D,8D,21D,22D,26D,27D,28D;7D,8D,17D,18D,24D,25D,28D. The van der Waals surface area contributed by atoms with Gasteiger partial charge in [0, 0.05) is 0 Å². The van der Waals surface area contributed by atoms with E-state index in [-0.39, 0.29) is 117 Å². The highest BCUT2D eigenvalue weighted by Crippen LogP contribution is 2.53. The molecule has 0 saturated carbocycles. The molecule has 0 aromatic heterocycles. The highest BCUT2D eigenvalue weighted by molar-refractivity contribution is 6.29. The molecule has 0 fully saturated rings. The molecule has 0 aliphatic carbocycles. The molecule has 0 N–H and O–H groups in total. The summed E-state index contributed by atoms with van der Waals surface area (Å²) in [5, 5.41) is 10.2. The van der Waals surface area contributed by atoms with Gasteiger partial charge >= 0.3 is 0 Å². The predicted octanol–water partition coefficient (Wildman–Crippen LogP) is 37.4. The van der Waals surface area contributed by atoms with Crippen LogP contribution in [-0.2, 0) is 0 Å². The zero-order chi connectivity index (χ0) is 118. The predicted molar refractivity (Wildman–Crippen MR) is 571 cm³/mol. The molecule has 0 radical (unpaired) electrons. The highest BCUT2D eigenvalue weighted by atomic mass is 14.3. The minimum Gasteiger partial charge on any atom is -0.0616 e. The van der Waals surface area contributed by atoms with E-state index in [0.29, 0.717) is 99.1 Å². The molecule has 0 spiro atoms. The first-order valence-electron chi connectivity index (χ1n) is 60.5. The van der Waals surface area contributed by atoms with Crippen LogP contribution < -0.4 is 0 Å². The van der Waals surface area contributed by atoms with Gasteiger partial charge in [0.2, 0.25) is 0 Å². The number of hydrogen-bond acceptors (Lipinski definition) is 0. The van der Waals surface area contributed by atoms with Gasteiger partial charge in [-0.05, 0) is 292 Å². The Morgan fingerprint density at radius 1 is 0.114 bits per heavy atom. The maximum Gasteiger partial charge on any atom is 0.0636 e. The third-order valence-electron chi connectivity index (χ3n) is 25.0. The van der Waals surface area contributed by atoms with Gasteiger partial charge in [-0.1, -0.05) is 478 Å². The van der Waals surface area contributed by atoms with Gasteiger partial charge in [-0.3, -0.25) is 0 Å². The van der Waals surface area contributed by atoms with E-state index >= 15 is 0 Å². The van der Waals surface area contributed by atoms with Crippen molar-refractivity contribution in [1.29, 1.82) is 0 Å². The maximum atomic E-state index is 10.2. The average molecular weight is 1710 g/mol. The van der Waals surface area contributed by atoms with E-state index in [0.717, 1.165) is 64.6 Å². The Labute approximate surface area is 814 Å². The van der Waals surface area contributed by atoms with Crippen LogP contribution in [0, 0.1) is 0 Å².